The van der Waals surface area contributed by atoms with Crippen LogP contribution < -0.4 is 0 Å². The summed E-state index contributed by atoms with van der Waals surface area (Å²) in [6.07, 6.45) is 0.853. The Morgan fingerprint density at radius 2 is 1.88 bits per heavy atom. The van der Waals surface area contributed by atoms with E-state index >= 15 is 0 Å². The van der Waals surface area contributed by atoms with E-state index in [9.17, 15) is 4.79 Å². The monoisotopic (exact) mass is 262 g/mol. The summed E-state index contributed by atoms with van der Waals surface area (Å²) in [5.74, 6) is 0.876. The molecule has 3 heteroatoms. The Kier molecular flexibility index (Phi) is 4.24. The maximum absolute atomic E-state index is 10.5. The quantitative estimate of drug-likeness (QED) is 0.598. The van der Waals surface area contributed by atoms with E-state index in [1.54, 1.807) is 11.8 Å². The van der Waals surface area contributed by atoms with Crippen LogP contribution in [0.2, 0.25) is 5.02 Å². The highest BCUT2D eigenvalue weighted by Gasteiger charge is 1.98. The molecule has 2 rings (SSSR count). The topological polar surface area (TPSA) is 17.1 Å². The maximum atomic E-state index is 10.5. The Morgan fingerprint density at radius 3 is 2.53 bits per heavy atom. The van der Waals surface area contributed by atoms with Gasteiger partial charge in [0.05, 0.1) is 0 Å². The van der Waals surface area contributed by atoms with Crippen molar-refractivity contribution in [2.24, 2.45) is 0 Å². The van der Waals surface area contributed by atoms with Gasteiger partial charge < -0.3 is 0 Å². The zero-order valence-corrected chi connectivity index (χ0v) is 10.7. The highest BCUT2D eigenvalue weighted by atomic mass is 35.5. The number of hydrogen-bond donors (Lipinski definition) is 0. The molecule has 0 aliphatic rings. The minimum atomic E-state index is 0.706. The van der Waals surface area contributed by atoms with Gasteiger partial charge in [0.15, 0.2) is 0 Å². The van der Waals surface area contributed by atoms with Gasteiger partial charge in [0.25, 0.3) is 0 Å². The summed E-state index contributed by atoms with van der Waals surface area (Å²) in [5.41, 5.74) is 1.90. The van der Waals surface area contributed by atoms with Crippen molar-refractivity contribution in [2.45, 2.75) is 10.6 Å². The Morgan fingerprint density at radius 1 is 1.12 bits per heavy atom. The molecule has 0 N–H and O–H groups in total. The van der Waals surface area contributed by atoms with Crippen LogP contribution in [0.15, 0.2) is 53.4 Å². The average molecular weight is 263 g/mol. The molecule has 2 aromatic rings. The number of hydrogen-bond acceptors (Lipinski definition) is 2. The van der Waals surface area contributed by atoms with E-state index < -0.39 is 0 Å². The van der Waals surface area contributed by atoms with Gasteiger partial charge in [-0.15, -0.1) is 11.8 Å². The molecule has 0 aliphatic carbocycles. The Bertz CT molecular complexity index is 508. The first-order chi connectivity index (χ1) is 8.28. The molecule has 0 bridgehead atoms. The van der Waals surface area contributed by atoms with Gasteiger partial charge in [0.1, 0.15) is 6.29 Å². The highest BCUT2D eigenvalue weighted by Crippen LogP contribution is 2.24. The third-order valence-corrected chi connectivity index (χ3v) is 3.63. The zero-order valence-electron chi connectivity index (χ0n) is 9.10. The highest BCUT2D eigenvalue weighted by molar-refractivity contribution is 7.98. The van der Waals surface area contributed by atoms with Crippen LogP contribution in [0.5, 0.6) is 0 Å². The van der Waals surface area contributed by atoms with Crippen molar-refractivity contribution in [1.29, 1.82) is 0 Å². The number of carbonyl (C=O) groups excluding carboxylic acids is 1. The average Bonchev–Trinajstić information content (AvgIpc) is 2.37. The third kappa shape index (κ3) is 3.62. The molecule has 0 unspecified atom stereocenters. The normalized spacial score (nSPS) is 10.2. The van der Waals surface area contributed by atoms with E-state index in [4.69, 9.17) is 11.6 Å². The molecule has 0 spiro atoms. The van der Waals surface area contributed by atoms with Crippen LogP contribution in [0, 0.1) is 0 Å². The molecule has 0 amide bonds. The van der Waals surface area contributed by atoms with E-state index in [1.807, 2.05) is 42.5 Å². The van der Waals surface area contributed by atoms with Crippen molar-refractivity contribution in [3.8, 4) is 0 Å². The molecule has 0 atom stereocenters. The van der Waals surface area contributed by atoms with Crippen molar-refractivity contribution < 1.29 is 4.79 Å². The predicted molar refractivity (Wildman–Crippen MR) is 72.8 cm³/mol. The van der Waals surface area contributed by atoms with Crippen molar-refractivity contribution >= 4 is 29.6 Å². The SMILES string of the molecule is O=Cc1ccc(SCc2cccc(Cl)c2)cc1. The van der Waals surface area contributed by atoms with Crippen molar-refractivity contribution in [2.75, 3.05) is 0 Å². The first-order valence-electron chi connectivity index (χ1n) is 5.20. The Balaban J connectivity index is 1.99. The molecule has 0 radical (unpaired) electrons. The van der Waals surface area contributed by atoms with Crippen LogP contribution in [0.4, 0.5) is 0 Å². The van der Waals surface area contributed by atoms with Crippen molar-refractivity contribution in [3.05, 3.63) is 64.7 Å². The number of rotatable bonds is 4. The predicted octanol–water partition coefficient (Wildman–Crippen LogP) is 4.44. The molecule has 17 heavy (non-hydrogen) atoms. The maximum Gasteiger partial charge on any atom is 0.150 e. The lowest BCUT2D eigenvalue weighted by atomic mass is 10.2. The van der Waals surface area contributed by atoms with Gasteiger partial charge in [-0.3, -0.25) is 4.79 Å². The lowest BCUT2D eigenvalue weighted by Crippen LogP contribution is -1.82. The fourth-order valence-electron chi connectivity index (χ4n) is 1.44. The second-order valence-electron chi connectivity index (χ2n) is 3.61. The lowest BCUT2D eigenvalue weighted by Gasteiger charge is -2.02. The van der Waals surface area contributed by atoms with E-state index in [1.165, 1.54) is 5.56 Å². The molecule has 0 aliphatic heterocycles. The lowest BCUT2D eigenvalue weighted by molar-refractivity contribution is 0.112. The summed E-state index contributed by atoms with van der Waals surface area (Å²) in [7, 11) is 0. The van der Waals surface area contributed by atoms with Crippen LogP contribution >= 0.6 is 23.4 Å². The minimum absolute atomic E-state index is 0.706. The number of halogens is 1. The first kappa shape index (κ1) is 12.2. The van der Waals surface area contributed by atoms with Crippen LogP contribution in [0.3, 0.4) is 0 Å². The molecule has 0 saturated carbocycles. The van der Waals surface area contributed by atoms with Gasteiger partial charge in [0.2, 0.25) is 0 Å². The van der Waals surface area contributed by atoms with Gasteiger partial charge in [-0.25, -0.2) is 0 Å². The molecule has 0 fully saturated rings. The third-order valence-electron chi connectivity index (χ3n) is 2.31. The van der Waals surface area contributed by atoms with E-state index in [-0.39, 0.29) is 0 Å². The summed E-state index contributed by atoms with van der Waals surface area (Å²) < 4.78 is 0. The van der Waals surface area contributed by atoms with Gasteiger partial charge in [-0.1, -0.05) is 35.9 Å². The number of aldehydes is 1. The molecule has 0 saturated heterocycles. The van der Waals surface area contributed by atoms with E-state index in [0.717, 1.165) is 22.0 Å². The van der Waals surface area contributed by atoms with Crippen LogP contribution in [-0.2, 0) is 5.75 Å². The molecule has 86 valence electrons. The van der Waals surface area contributed by atoms with E-state index in [2.05, 4.69) is 6.07 Å². The van der Waals surface area contributed by atoms with Crippen molar-refractivity contribution in [3.63, 3.8) is 0 Å². The largest absolute Gasteiger partial charge is 0.298 e. The number of thioether (sulfide) groups is 1. The minimum Gasteiger partial charge on any atom is -0.298 e. The second-order valence-corrected chi connectivity index (χ2v) is 5.09. The molecule has 2 aromatic carbocycles. The van der Waals surface area contributed by atoms with Crippen LogP contribution in [0.25, 0.3) is 0 Å². The van der Waals surface area contributed by atoms with Gasteiger partial charge in [-0.05, 0) is 29.8 Å². The fourth-order valence-corrected chi connectivity index (χ4v) is 2.49. The standard InChI is InChI=1S/C14H11ClOS/c15-13-3-1-2-12(8-13)10-17-14-6-4-11(9-16)5-7-14/h1-9H,10H2. The van der Waals surface area contributed by atoms with Crippen LogP contribution in [-0.4, -0.2) is 6.29 Å². The Labute approximate surface area is 110 Å². The van der Waals surface area contributed by atoms with Gasteiger partial charge in [0, 0.05) is 21.2 Å². The molecular formula is C14H11ClOS. The smallest absolute Gasteiger partial charge is 0.150 e. The summed E-state index contributed by atoms with van der Waals surface area (Å²) in [4.78, 5) is 11.7. The second kappa shape index (κ2) is 5.89. The first-order valence-corrected chi connectivity index (χ1v) is 6.57. The zero-order chi connectivity index (χ0) is 12.1. The summed E-state index contributed by atoms with van der Waals surface area (Å²) in [6, 6.07) is 15.4. The molecule has 0 aromatic heterocycles. The fraction of sp³-hybridized carbons (Fsp3) is 0.0714. The summed E-state index contributed by atoms with van der Waals surface area (Å²) in [6.45, 7) is 0. The molecule has 1 nitrogen and oxygen atoms in total. The summed E-state index contributed by atoms with van der Waals surface area (Å²) >= 11 is 7.64. The molecule has 0 heterocycles. The number of benzene rings is 2. The van der Waals surface area contributed by atoms with Gasteiger partial charge >= 0.3 is 0 Å². The Hall–Kier alpha value is -1.25. The van der Waals surface area contributed by atoms with Crippen molar-refractivity contribution in [1.82, 2.24) is 0 Å². The molecular weight excluding hydrogens is 252 g/mol. The van der Waals surface area contributed by atoms with Gasteiger partial charge in [-0.2, -0.15) is 0 Å². The number of carbonyl (C=O) groups is 1. The van der Waals surface area contributed by atoms with E-state index in [0.29, 0.717) is 5.56 Å². The summed E-state index contributed by atoms with van der Waals surface area (Å²) in [5, 5.41) is 0.763. The van der Waals surface area contributed by atoms with Crippen LogP contribution in [0.1, 0.15) is 15.9 Å².